The molecule has 2 rings (SSSR count). The summed E-state index contributed by atoms with van der Waals surface area (Å²) in [6, 6.07) is 15.1. The van der Waals surface area contributed by atoms with Crippen molar-refractivity contribution in [1.82, 2.24) is 10.6 Å². The molecule has 0 bridgehead atoms. The molecule has 0 saturated heterocycles. The first-order chi connectivity index (χ1) is 13.5. The number of hydrogen-bond acceptors (Lipinski definition) is 2. The highest BCUT2D eigenvalue weighted by Gasteiger charge is 2.11. The molecular weight excluding hydrogens is 374 g/mol. The zero-order chi connectivity index (χ0) is 20.4. The van der Waals surface area contributed by atoms with Gasteiger partial charge in [-0.15, -0.1) is 0 Å². The van der Waals surface area contributed by atoms with Crippen LogP contribution in [0, 0.1) is 0 Å². The summed E-state index contributed by atoms with van der Waals surface area (Å²) in [5.41, 5.74) is 2.81. The molecule has 0 aliphatic carbocycles. The van der Waals surface area contributed by atoms with Crippen molar-refractivity contribution in [2.24, 2.45) is 0 Å². The molecule has 0 atom stereocenters. The molecule has 6 heteroatoms. The predicted octanol–water partition coefficient (Wildman–Crippen LogP) is 2.20. The van der Waals surface area contributed by atoms with E-state index in [9.17, 15) is 9.59 Å². The summed E-state index contributed by atoms with van der Waals surface area (Å²) in [6.45, 7) is 8.22. The average molecular weight is 403 g/mol. The molecule has 0 spiro atoms. The number of nitrogens with one attached hydrogen (secondary N) is 3. The van der Waals surface area contributed by atoms with Crippen LogP contribution in [0.15, 0.2) is 48.5 Å². The monoisotopic (exact) mass is 402 g/mol. The van der Waals surface area contributed by atoms with Gasteiger partial charge in [0.25, 0.3) is 5.91 Å². The Morgan fingerprint density at radius 2 is 1.57 bits per heavy atom. The van der Waals surface area contributed by atoms with Crippen LogP contribution in [0.1, 0.15) is 41.8 Å². The van der Waals surface area contributed by atoms with Gasteiger partial charge >= 0.3 is 0 Å². The lowest BCUT2D eigenvalue weighted by atomic mass is 10.1. The Labute approximate surface area is 172 Å². The largest absolute Gasteiger partial charge is 0.352 e. The molecule has 2 aromatic rings. The third kappa shape index (κ3) is 6.66. The SMILES string of the molecule is CC[NH+](CC)Cc1ccccc1CNC(=O)CCNC(=O)c1ccccc1Cl. The Kier molecular flexibility index (Phi) is 8.98. The highest BCUT2D eigenvalue weighted by molar-refractivity contribution is 6.33. The lowest BCUT2D eigenvalue weighted by molar-refractivity contribution is -0.910. The smallest absolute Gasteiger partial charge is 0.252 e. The van der Waals surface area contributed by atoms with Gasteiger partial charge in [-0.05, 0) is 31.5 Å². The molecule has 2 amide bonds. The molecule has 0 radical (unpaired) electrons. The molecule has 0 aliphatic heterocycles. The second kappa shape index (κ2) is 11.5. The predicted molar refractivity (Wildman–Crippen MR) is 112 cm³/mol. The molecular formula is C22H29ClN3O2+. The molecule has 0 unspecified atom stereocenters. The number of halogens is 1. The highest BCUT2D eigenvalue weighted by atomic mass is 35.5. The van der Waals surface area contributed by atoms with Gasteiger partial charge in [0.05, 0.1) is 23.7 Å². The highest BCUT2D eigenvalue weighted by Crippen LogP contribution is 2.14. The zero-order valence-corrected chi connectivity index (χ0v) is 17.3. The lowest BCUT2D eigenvalue weighted by Gasteiger charge is -2.18. The van der Waals surface area contributed by atoms with E-state index < -0.39 is 0 Å². The van der Waals surface area contributed by atoms with Crippen LogP contribution in [0.2, 0.25) is 5.02 Å². The molecule has 2 aromatic carbocycles. The van der Waals surface area contributed by atoms with Crippen molar-refractivity contribution in [1.29, 1.82) is 0 Å². The number of amides is 2. The van der Waals surface area contributed by atoms with E-state index in [-0.39, 0.29) is 24.8 Å². The van der Waals surface area contributed by atoms with Crippen molar-refractivity contribution >= 4 is 23.4 Å². The quantitative estimate of drug-likeness (QED) is 0.570. The van der Waals surface area contributed by atoms with Crippen LogP contribution in [0.3, 0.4) is 0 Å². The minimum atomic E-state index is -0.272. The van der Waals surface area contributed by atoms with Gasteiger partial charge in [0.2, 0.25) is 5.91 Å². The fraction of sp³-hybridized carbons (Fsp3) is 0.364. The number of carbonyl (C=O) groups excluding carboxylic acids is 2. The van der Waals surface area contributed by atoms with Crippen molar-refractivity contribution in [3.8, 4) is 0 Å². The number of benzene rings is 2. The Balaban J connectivity index is 1.80. The molecule has 0 saturated carbocycles. The first-order valence-corrected chi connectivity index (χ1v) is 10.1. The number of quaternary nitrogens is 1. The summed E-state index contributed by atoms with van der Waals surface area (Å²) < 4.78 is 0. The third-order valence-electron chi connectivity index (χ3n) is 4.79. The summed E-state index contributed by atoms with van der Waals surface area (Å²) in [4.78, 5) is 25.8. The molecule has 0 aliphatic rings. The average Bonchev–Trinajstić information content (AvgIpc) is 2.71. The van der Waals surface area contributed by atoms with E-state index in [2.05, 4.69) is 36.6 Å². The van der Waals surface area contributed by atoms with Crippen LogP contribution >= 0.6 is 11.6 Å². The van der Waals surface area contributed by atoms with E-state index in [0.717, 1.165) is 25.2 Å². The maximum Gasteiger partial charge on any atom is 0.252 e. The van der Waals surface area contributed by atoms with Gasteiger partial charge in [-0.1, -0.05) is 48.0 Å². The van der Waals surface area contributed by atoms with Crippen molar-refractivity contribution in [2.45, 2.75) is 33.4 Å². The molecule has 3 N–H and O–H groups in total. The van der Waals surface area contributed by atoms with E-state index in [1.165, 1.54) is 10.5 Å². The Morgan fingerprint density at radius 1 is 0.929 bits per heavy atom. The van der Waals surface area contributed by atoms with Gasteiger partial charge in [-0.25, -0.2) is 0 Å². The standard InChI is InChI=1S/C22H28ClN3O2/c1-3-26(4-2)16-18-10-6-5-9-17(18)15-25-21(27)13-14-24-22(28)19-11-7-8-12-20(19)23/h5-12H,3-4,13-16H2,1-2H3,(H,24,28)(H,25,27)/p+1. The summed E-state index contributed by atoms with van der Waals surface area (Å²) in [5.74, 6) is -0.365. The molecule has 0 heterocycles. The molecule has 0 aromatic heterocycles. The van der Waals surface area contributed by atoms with Crippen LogP contribution in [0.5, 0.6) is 0 Å². The van der Waals surface area contributed by atoms with Crippen molar-refractivity contribution < 1.29 is 14.5 Å². The van der Waals surface area contributed by atoms with E-state index in [1.807, 2.05) is 12.1 Å². The van der Waals surface area contributed by atoms with E-state index in [0.29, 0.717) is 17.1 Å². The van der Waals surface area contributed by atoms with E-state index in [4.69, 9.17) is 11.6 Å². The molecule has 5 nitrogen and oxygen atoms in total. The molecule has 28 heavy (non-hydrogen) atoms. The topological polar surface area (TPSA) is 62.6 Å². The maximum absolute atomic E-state index is 12.2. The van der Waals surface area contributed by atoms with Crippen molar-refractivity contribution in [3.05, 3.63) is 70.2 Å². The van der Waals surface area contributed by atoms with Crippen LogP contribution in [-0.4, -0.2) is 31.4 Å². The van der Waals surface area contributed by atoms with Gasteiger partial charge in [0.1, 0.15) is 6.54 Å². The Hall–Kier alpha value is -2.37. The van der Waals surface area contributed by atoms with Gasteiger partial charge in [0, 0.05) is 25.1 Å². The number of rotatable bonds is 10. The van der Waals surface area contributed by atoms with Crippen LogP contribution < -0.4 is 15.5 Å². The van der Waals surface area contributed by atoms with Gasteiger partial charge in [-0.3, -0.25) is 9.59 Å². The molecule has 150 valence electrons. The van der Waals surface area contributed by atoms with E-state index in [1.54, 1.807) is 24.3 Å². The summed E-state index contributed by atoms with van der Waals surface area (Å²) in [6.07, 6.45) is 0.222. The Bertz CT molecular complexity index is 791. The van der Waals surface area contributed by atoms with Gasteiger partial charge < -0.3 is 15.5 Å². The van der Waals surface area contributed by atoms with Crippen LogP contribution in [0.4, 0.5) is 0 Å². The second-order valence-corrected chi connectivity index (χ2v) is 7.07. The normalized spacial score (nSPS) is 10.7. The second-order valence-electron chi connectivity index (χ2n) is 6.67. The third-order valence-corrected chi connectivity index (χ3v) is 5.12. The summed E-state index contributed by atoms with van der Waals surface area (Å²) in [7, 11) is 0. The number of carbonyl (C=O) groups is 2. The van der Waals surface area contributed by atoms with Crippen molar-refractivity contribution in [3.63, 3.8) is 0 Å². The number of hydrogen-bond donors (Lipinski definition) is 3. The first kappa shape index (κ1) is 21.9. The fourth-order valence-corrected chi connectivity index (χ4v) is 3.21. The first-order valence-electron chi connectivity index (χ1n) is 9.74. The van der Waals surface area contributed by atoms with E-state index >= 15 is 0 Å². The van der Waals surface area contributed by atoms with Crippen LogP contribution in [0.25, 0.3) is 0 Å². The maximum atomic E-state index is 12.2. The zero-order valence-electron chi connectivity index (χ0n) is 16.6. The summed E-state index contributed by atoms with van der Waals surface area (Å²) in [5, 5.41) is 6.08. The Morgan fingerprint density at radius 3 is 2.25 bits per heavy atom. The van der Waals surface area contributed by atoms with Gasteiger partial charge in [-0.2, -0.15) is 0 Å². The fourth-order valence-electron chi connectivity index (χ4n) is 2.98. The van der Waals surface area contributed by atoms with Gasteiger partial charge in [0.15, 0.2) is 0 Å². The van der Waals surface area contributed by atoms with Crippen LogP contribution in [-0.2, 0) is 17.9 Å². The van der Waals surface area contributed by atoms with Crippen molar-refractivity contribution in [2.75, 3.05) is 19.6 Å². The summed E-state index contributed by atoms with van der Waals surface area (Å²) >= 11 is 6.01. The molecule has 0 fully saturated rings. The lowest BCUT2D eigenvalue weighted by Crippen LogP contribution is -3.10. The minimum absolute atomic E-state index is 0.0931. The minimum Gasteiger partial charge on any atom is -0.352 e.